The van der Waals surface area contributed by atoms with Gasteiger partial charge in [-0.25, -0.2) is 13.1 Å². The lowest BCUT2D eigenvalue weighted by Gasteiger charge is -2.29. The molecule has 2 aromatic carbocycles. The number of anilines is 1. The molecule has 160 valence electrons. The van der Waals surface area contributed by atoms with Crippen molar-refractivity contribution in [1.82, 2.24) is 9.29 Å². The number of hydrogen-bond acceptors (Lipinski definition) is 5. The Labute approximate surface area is 182 Å². The number of nitrogens with zero attached hydrogens (tertiary/aromatic N) is 3. The summed E-state index contributed by atoms with van der Waals surface area (Å²) in [5.41, 5.74) is 3.78. The van der Waals surface area contributed by atoms with Gasteiger partial charge in [0, 0.05) is 37.2 Å². The van der Waals surface area contributed by atoms with E-state index in [2.05, 4.69) is 46.0 Å². The van der Waals surface area contributed by atoms with Crippen molar-refractivity contribution >= 4 is 32.6 Å². The summed E-state index contributed by atoms with van der Waals surface area (Å²) in [6, 6.07) is 18.2. The highest BCUT2D eigenvalue weighted by Crippen LogP contribution is 2.29. The maximum absolute atomic E-state index is 12.0. The molecule has 31 heavy (non-hydrogen) atoms. The van der Waals surface area contributed by atoms with Crippen LogP contribution in [-0.4, -0.2) is 46.3 Å². The third kappa shape index (κ3) is 4.21. The van der Waals surface area contributed by atoms with Crippen LogP contribution in [-0.2, 0) is 21.8 Å². The average molecular weight is 437 g/mol. The smallest absolute Gasteiger partial charge is 0.250 e. The molecule has 0 bridgehead atoms. The van der Waals surface area contributed by atoms with Gasteiger partial charge in [-0.05, 0) is 59.8 Å². The first-order valence-electron chi connectivity index (χ1n) is 10.0. The molecule has 8 heteroatoms. The third-order valence-electron chi connectivity index (χ3n) is 5.60. The number of allylic oxidation sites excluding steroid dienone is 1. The average Bonchev–Trinajstić information content (AvgIpc) is 3.17. The Bertz CT molecular complexity index is 1300. The lowest BCUT2D eigenvalue weighted by Crippen LogP contribution is -2.36. The Morgan fingerprint density at radius 2 is 1.81 bits per heavy atom. The molecular formula is C23H24N4O3S. The van der Waals surface area contributed by atoms with Crippen LogP contribution in [0, 0.1) is 11.3 Å². The van der Waals surface area contributed by atoms with Gasteiger partial charge in [0.05, 0.1) is 13.2 Å². The van der Waals surface area contributed by atoms with Crippen molar-refractivity contribution in [2.75, 3.05) is 38.3 Å². The fraction of sp³-hybridized carbons (Fsp3) is 0.261. The second-order valence-corrected chi connectivity index (χ2v) is 9.23. The minimum atomic E-state index is -3.80. The van der Waals surface area contributed by atoms with Gasteiger partial charge in [0.1, 0.15) is 6.07 Å². The molecule has 1 fully saturated rings. The predicted octanol–water partition coefficient (Wildman–Crippen LogP) is 3.10. The van der Waals surface area contributed by atoms with Crippen LogP contribution in [0.1, 0.15) is 5.69 Å². The zero-order valence-electron chi connectivity index (χ0n) is 17.5. The number of aromatic nitrogens is 1. The maximum Gasteiger partial charge on any atom is 0.250 e. The van der Waals surface area contributed by atoms with E-state index in [0.29, 0.717) is 5.69 Å². The number of hydrogen-bond donors (Lipinski definition) is 1. The van der Waals surface area contributed by atoms with Crippen LogP contribution in [0.5, 0.6) is 0 Å². The summed E-state index contributed by atoms with van der Waals surface area (Å²) in [5.74, 6) is 0. The molecule has 0 spiro atoms. The molecule has 0 radical (unpaired) electrons. The van der Waals surface area contributed by atoms with Crippen molar-refractivity contribution in [2.45, 2.75) is 0 Å². The first-order chi connectivity index (χ1) is 14.9. The van der Waals surface area contributed by atoms with Gasteiger partial charge in [-0.15, -0.1) is 0 Å². The van der Waals surface area contributed by atoms with E-state index in [-0.39, 0.29) is 4.91 Å². The van der Waals surface area contributed by atoms with E-state index in [0.717, 1.165) is 48.3 Å². The van der Waals surface area contributed by atoms with Gasteiger partial charge >= 0.3 is 0 Å². The number of ether oxygens (including phenoxy) is 1. The first kappa shape index (κ1) is 21.1. The van der Waals surface area contributed by atoms with Crippen LogP contribution in [0.4, 0.5) is 5.69 Å². The molecule has 3 aromatic rings. The molecular weight excluding hydrogens is 412 g/mol. The van der Waals surface area contributed by atoms with Crippen molar-refractivity contribution in [2.24, 2.45) is 7.05 Å². The highest BCUT2D eigenvalue weighted by atomic mass is 32.2. The second kappa shape index (κ2) is 8.55. The number of nitriles is 1. The Kier molecular flexibility index (Phi) is 5.83. The number of fused-ring (bicyclic) bond motifs is 1. The lowest BCUT2D eigenvalue weighted by molar-refractivity contribution is 0.122. The van der Waals surface area contributed by atoms with Crippen LogP contribution in [0.3, 0.4) is 0 Å². The van der Waals surface area contributed by atoms with Crippen LogP contribution >= 0.6 is 0 Å². The van der Waals surface area contributed by atoms with Crippen LogP contribution < -0.4 is 9.62 Å². The number of rotatable bonds is 5. The van der Waals surface area contributed by atoms with Gasteiger partial charge in [0.2, 0.25) is 0 Å². The molecule has 0 amide bonds. The topological polar surface area (TPSA) is 87.4 Å². The second-order valence-electron chi connectivity index (χ2n) is 7.38. The molecule has 0 saturated carbocycles. The van der Waals surface area contributed by atoms with E-state index in [9.17, 15) is 13.7 Å². The van der Waals surface area contributed by atoms with Crippen LogP contribution in [0.25, 0.3) is 28.1 Å². The fourth-order valence-corrected chi connectivity index (χ4v) is 4.40. The summed E-state index contributed by atoms with van der Waals surface area (Å²) in [6.45, 7) is 3.31. The van der Waals surface area contributed by atoms with Gasteiger partial charge in [0.25, 0.3) is 10.0 Å². The normalized spacial score (nSPS) is 15.3. The number of sulfonamides is 1. The third-order valence-corrected chi connectivity index (χ3v) is 6.93. The van der Waals surface area contributed by atoms with E-state index in [1.54, 1.807) is 6.07 Å². The maximum atomic E-state index is 12.0. The van der Waals surface area contributed by atoms with E-state index in [1.165, 1.54) is 18.8 Å². The molecule has 1 aromatic heterocycles. The molecule has 1 saturated heterocycles. The zero-order valence-corrected chi connectivity index (χ0v) is 18.3. The Hall–Kier alpha value is -3.12. The molecule has 7 nitrogen and oxygen atoms in total. The lowest BCUT2D eigenvalue weighted by atomic mass is 10.0. The Balaban J connectivity index is 1.67. The number of nitrogens with one attached hydrogen (secondary N) is 1. The quantitative estimate of drug-likeness (QED) is 0.621. The van der Waals surface area contributed by atoms with Crippen LogP contribution in [0.2, 0.25) is 0 Å². The Morgan fingerprint density at radius 3 is 2.52 bits per heavy atom. The first-order valence-corrected chi connectivity index (χ1v) is 11.5. The van der Waals surface area contributed by atoms with E-state index in [1.807, 2.05) is 23.7 Å². The van der Waals surface area contributed by atoms with Gasteiger partial charge in [-0.1, -0.05) is 18.2 Å². The van der Waals surface area contributed by atoms with Crippen molar-refractivity contribution in [3.8, 4) is 17.3 Å². The van der Waals surface area contributed by atoms with Gasteiger partial charge in [-0.3, -0.25) is 0 Å². The predicted molar refractivity (Wildman–Crippen MR) is 123 cm³/mol. The Morgan fingerprint density at radius 1 is 1.10 bits per heavy atom. The minimum absolute atomic E-state index is 0.322. The summed E-state index contributed by atoms with van der Waals surface area (Å²) in [5, 5.41) is 11.5. The number of morpholine rings is 1. The molecule has 1 N–H and O–H groups in total. The molecule has 1 aliphatic rings. The summed E-state index contributed by atoms with van der Waals surface area (Å²) >= 11 is 0. The summed E-state index contributed by atoms with van der Waals surface area (Å²) in [7, 11) is -0.655. The van der Waals surface area contributed by atoms with E-state index < -0.39 is 10.0 Å². The molecule has 1 aliphatic heterocycles. The summed E-state index contributed by atoms with van der Waals surface area (Å²) < 4.78 is 33.5. The summed E-state index contributed by atoms with van der Waals surface area (Å²) in [4.78, 5) is 2.01. The van der Waals surface area contributed by atoms with Gasteiger partial charge in [0.15, 0.2) is 4.91 Å². The number of benzene rings is 2. The van der Waals surface area contributed by atoms with Crippen molar-refractivity contribution in [3.63, 3.8) is 0 Å². The summed E-state index contributed by atoms with van der Waals surface area (Å²) in [6.07, 6.45) is 1.38. The fourth-order valence-electron chi connectivity index (χ4n) is 3.79. The van der Waals surface area contributed by atoms with E-state index >= 15 is 0 Å². The highest BCUT2D eigenvalue weighted by Gasteiger charge is 2.16. The monoisotopic (exact) mass is 436 g/mol. The molecule has 0 aliphatic carbocycles. The minimum Gasteiger partial charge on any atom is -0.378 e. The molecule has 2 heterocycles. The largest absolute Gasteiger partial charge is 0.378 e. The van der Waals surface area contributed by atoms with Crippen molar-refractivity contribution in [3.05, 3.63) is 59.1 Å². The molecule has 0 atom stereocenters. The van der Waals surface area contributed by atoms with Crippen LogP contribution in [0.15, 0.2) is 53.4 Å². The standard InChI is InChI=1S/C23H24N4O3S/c1-25-31(28,29)22(16-24)15-20-7-8-23(26(20)2)19-4-3-18-14-21(6-5-17(18)13-19)27-9-11-30-12-10-27/h3-8,13-15,25H,9-12H2,1-2H3/b22-15+. The molecule has 4 rings (SSSR count). The van der Waals surface area contributed by atoms with Gasteiger partial charge in [-0.2, -0.15) is 5.26 Å². The molecule has 0 unspecified atom stereocenters. The zero-order chi connectivity index (χ0) is 22.0. The SMILES string of the molecule is CNS(=O)(=O)/C(C#N)=C/c1ccc(-c2ccc3cc(N4CCOCC4)ccc3c2)n1C. The van der Waals surface area contributed by atoms with Gasteiger partial charge < -0.3 is 14.2 Å². The van der Waals surface area contributed by atoms with Crippen molar-refractivity contribution in [1.29, 1.82) is 5.26 Å². The van der Waals surface area contributed by atoms with Crippen molar-refractivity contribution < 1.29 is 13.2 Å². The van der Waals surface area contributed by atoms with E-state index in [4.69, 9.17) is 4.74 Å². The highest BCUT2D eigenvalue weighted by molar-refractivity contribution is 7.93.